The van der Waals surface area contributed by atoms with Crippen molar-refractivity contribution in [3.05, 3.63) is 34.6 Å². The quantitative estimate of drug-likeness (QED) is 0.804. The summed E-state index contributed by atoms with van der Waals surface area (Å²) in [5.41, 5.74) is 0.523. The zero-order chi connectivity index (χ0) is 15.3. The molecular formula is C13H19ClFNO3S. The highest BCUT2D eigenvalue weighted by molar-refractivity contribution is 7.91. The van der Waals surface area contributed by atoms with E-state index in [0.717, 1.165) is 0 Å². The van der Waals surface area contributed by atoms with Crippen molar-refractivity contribution in [1.82, 2.24) is 5.32 Å². The lowest BCUT2D eigenvalue weighted by atomic mass is 10.1. The Balaban J connectivity index is 2.79. The number of hydrogen-bond acceptors (Lipinski definition) is 4. The summed E-state index contributed by atoms with van der Waals surface area (Å²) in [5, 5.41) is 12.4. The molecule has 2 unspecified atom stereocenters. The number of nitrogens with one attached hydrogen (secondary N) is 1. The third kappa shape index (κ3) is 5.01. The average Bonchev–Trinajstić information content (AvgIpc) is 2.39. The number of rotatable bonds is 7. The second kappa shape index (κ2) is 7.36. The molecule has 0 aromatic heterocycles. The van der Waals surface area contributed by atoms with Crippen LogP contribution in [0.25, 0.3) is 0 Å². The van der Waals surface area contributed by atoms with Crippen molar-refractivity contribution in [2.45, 2.75) is 25.9 Å². The number of aliphatic hydroxyl groups is 1. The van der Waals surface area contributed by atoms with E-state index in [9.17, 15) is 17.9 Å². The molecule has 1 aromatic rings. The van der Waals surface area contributed by atoms with Gasteiger partial charge in [-0.2, -0.15) is 0 Å². The second-order valence-electron chi connectivity index (χ2n) is 4.68. The summed E-state index contributed by atoms with van der Waals surface area (Å²) in [6, 6.07) is 3.35. The maximum atomic E-state index is 13.4. The maximum Gasteiger partial charge on any atom is 0.151 e. The first kappa shape index (κ1) is 17.4. The molecule has 1 aromatic carbocycles. The summed E-state index contributed by atoms with van der Waals surface area (Å²) in [5.74, 6) is -0.535. The second-order valence-corrected chi connectivity index (χ2v) is 7.48. The van der Waals surface area contributed by atoms with E-state index in [2.05, 4.69) is 5.32 Å². The number of benzene rings is 1. The van der Waals surface area contributed by atoms with Gasteiger partial charge in [0, 0.05) is 11.8 Å². The molecule has 0 heterocycles. The predicted octanol–water partition coefficient (Wildman–Crippen LogP) is 1.93. The summed E-state index contributed by atoms with van der Waals surface area (Å²) in [4.78, 5) is 0. The van der Waals surface area contributed by atoms with Gasteiger partial charge in [0.1, 0.15) is 5.82 Å². The van der Waals surface area contributed by atoms with Crippen LogP contribution in [0.4, 0.5) is 4.39 Å². The Labute approximate surface area is 123 Å². The van der Waals surface area contributed by atoms with Crippen LogP contribution < -0.4 is 5.32 Å². The highest BCUT2D eigenvalue weighted by atomic mass is 35.5. The lowest BCUT2D eigenvalue weighted by Crippen LogP contribution is -2.37. The molecule has 114 valence electrons. The van der Waals surface area contributed by atoms with Gasteiger partial charge in [0.25, 0.3) is 0 Å². The summed E-state index contributed by atoms with van der Waals surface area (Å²) in [7, 11) is -3.11. The van der Waals surface area contributed by atoms with Gasteiger partial charge in [-0.15, -0.1) is 0 Å². The van der Waals surface area contributed by atoms with E-state index in [4.69, 9.17) is 11.6 Å². The lowest BCUT2D eigenvalue weighted by molar-refractivity contribution is 0.237. The number of aliphatic hydroxyl groups excluding tert-OH is 1. The van der Waals surface area contributed by atoms with Crippen LogP contribution in [-0.4, -0.2) is 37.7 Å². The molecular weight excluding hydrogens is 305 g/mol. The monoisotopic (exact) mass is 323 g/mol. The zero-order valence-electron chi connectivity index (χ0n) is 11.4. The van der Waals surface area contributed by atoms with Gasteiger partial charge in [0.15, 0.2) is 9.84 Å². The molecule has 2 N–H and O–H groups in total. The average molecular weight is 324 g/mol. The molecule has 0 amide bonds. The number of hydrogen-bond donors (Lipinski definition) is 2. The Kier molecular flexibility index (Phi) is 6.39. The fourth-order valence-electron chi connectivity index (χ4n) is 1.87. The Morgan fingerprint density at radius 1 is 1.45 bits per heavy atom. The first-order valence-electron chi connectivity index (χ1n) is 6.31. The highest BCUT2D eigenvalue weighted by Gasteiger charge is 2.19. The first-order valence-corrected chi connectivity index (χ1v) is 8.51. The molecule has 0 radical (unpaired) electrons. The van der Waals surface area contributed by atoms with E-state index in [1.54, 1.807) is 19.9 Å². The normalized spacial score (nSPS) is 15.1. The molecule has 4 nitrogen and oxygen atoms in total. The van der Waals surface area contributed by atoms with Crippen LogP contribution in [0, 0.1) is 5.82 Å². The topological polar surface area (TPSA) is 66.4 Å². The van der Waals surface area contributed by atoms with Crippen LogP contribution in [0.15, 0.2) is 18.2 Å². The van der Waals surface area contributed by atoms with Crippen LogP contribution in [0.3, 0.4) is 0 Å². The predicted molar refractivity (Wildman–Crippen MR) is 78.2 cm³/mol. The highest BCUT2D eigenvalue weighted by Crippen LogP contribution is 2.20. The van der Waals surface area contributed by atoms with Crippen LogP contribution in [0.1, 0.15) is 25.5 Å². The van der Waals surface area contributed by atoms with Crippen molar-refractivity contribution in [1.29, 1.82) is 0 Å². The van der Waals surface area contributed by atoms with E-state index in [0.29, 0.717) is 5.56 Å². The molecule has 0 aliphatic heterocycles. The SMILES string of the molecule is CCS(=O)(=O)CC(C)NC(CO)c1ccc(Cl)c(F)c1. The fourth-order valence-corrected chi connectivity index (χ4v) is 3.09. The van der Waals surface area contributed by atoms with Crippen LogP contribution in [-0.2, 0) is 9.84 Å². The van der Waals surface area contributed by atoms with Crippen molar-refractivity contribution in [3.8, 4) is 0 Å². The minimum absolute atomic E-state index is 0.00653. The van der Waals surface area contributed by atoms with E-state index in [1.807, 2.05) is 0 Å². The van der Waals surface area contributed by atoms with Gasteiger partial charge >= 0.3 is 0 Å². The van der Waals surface area contributed by atoms with E-state index < -0.39 is 21.7 Å². The third-order valence-corrected chi connectivity index (χ3v) is 5.15. The minimum atomic E-state index is -3.11. The van der Waals surface area contributed by atoms with Gasteiger partial charge in [0.2, 0.25) is 0 Å². The van der Waals surface area contributed by atoms with Crippen LogP contribution in [0.2, 0.25) is 5.02 Å². The molecule has 0 fully saturated rings. The molecule has 20 heavy (non-hydrogen) atoms. The smallest absolute Gasteiger partial charge is 0.151 e. The molecule has 7 heteroatoms. The first-order chi connectivity index (χ1) is 9.29. The summed E-state index contributed by atoms with van der Waals surface area (Å²) in [6.45, 7) is 3.03. The Morgan fingerprint density at radius 3 is 2.60 bits per heavy atom. The lowest BCUT2D eigenvalue weighted by Gasteiger charge is -2.22. The van der Waals surface area contributed by atoms with Gasteiger partial charge in [-0.3, -0.25) is 0 Å². The molecule has 0 bridgehead atoms. The summed E-state index contributed by atoms with van der Waals surface area (Å²) in [6.07, 6.45) is 0. The Hall–Kier alpha value is -0.690. The Morgan fingerprint density at radius 2 is 2.10 bits per heavy atom. The molecule has 0 aliphatic rings. The molecule has 0 saturated carbocycles. The summed E-state index contributed by atoms with van der Waals surface area (Å²) < 4.78 is 36.5. The molecule has 0 saturated heterocycles. The standard InChI is InChI=1S/C13H19ClFNO3S/c1-3-20(18,19)8-9(2)16-13(7-17)10-4-5-11(14)12(15)6-10/h4-6,9,13,16-17H,3,7-8H2,1-2H3. The van der Waals surface area contributed by atoms with Crippen molar-refractivity contribution in [2.75, 3.05) is 18.1 Å². The molecule has 2 atom stereocenters. The molecule has 1 rings (SSSR count). The van der Waals surface area contributed by atoms with E-state index in [1.165, 1.54) is 12.1 Å². The van der Waals surface area contributed by atoms with E-state index >= 15 is 0 Å². The molecule has 0 aliphatic carbocycles. The third-order valence-electron chi connectivity index (χ3n) is 2.96. The van der Waals surface area contributed by atoms with Gasteiger partial charge in [-0.05, 0) is 24.6 Å². The number of sulfone groups is 1. The Bertz CT molecular complexity index is 551. The van der Waals surface area contributed by atoms with Gasteiger partial charge in [-0.1, -0.05) is 24.6 Å². The largest absolute Gasteiger partial charge is 0.394 e. The maximum absolute atomic E-state index is 13.4. The van der Waals surface area contributed by atoms with Crippen LogP contribution in [0.5, 0.6) is 0 Å². The number of halogens is 2. The van der Waals surface area contributed by atoms with Gasteiger partial charge in [0.05, 0.1) is 23.4 Å². The van der Waals surface area contributed by atoms with Crippen molar-refractivity contribution in [3.63, 3.8) is 0 Å². The zero-order valence-corrected chi connectivity index (χ0v) is 13.0. The van der Waals surface area contributed by atoms with Crippen molar-refractivity contribution < 1.29 is 17.9 Å². The summed E-state index contributed by atoms with van der Waals surface area (Å²) >= 11 is 5.60. The molecule has 0 spiro atoms. The van der Waals surface area contributed by atoms with Crippen molar-refractivity contribution in [2.24, 2.45) is 0 Å². The van der Waals surface area contributed by atoms with E-state index in [-0.39, 0.29) is 29.2 Å². The van der Waals surface area contributed by atoms with Gasteiger partial charge < -0.3 is 10.4 Å². The van der Waals surface area contributed by atoms with Gasteiger partial charge in [-0.25, -0.2) is 12.8 Å². The fraction of sp³-hybridized carbons (Fsp3) is 0.538. The minimum Gasteiger partial charge on any atom is -0.394 e. The van der Waals surface area contributed by atoms with Crippen molar-refractivity contribution >= 4 is 21.4 Å². The van der Waals surface area contributed by atoms with Crippen LogP contribution >= 0.6 is 11.6 Å².